The molecule has 2 aromatic heterocycles. The Morgan fingerprint density at radius 1 is 1.24 bits per heavy atom. The minimum absolute atomic E-state index is 0.112. The molecule has 9 nitrogen and oxygen atoms in total. The van der Waals surface area contributed by atoms with Crippen LogP contribution in [0.15, 0.2) is 35.9 Å². The zero-order valence-corrected chi connectivity index (χ0v) is 20.2. The molecule has 0 unspecified atom stereocenters. The number of hydrogen-bond donors (Lipinski definition) is 1. The number of rotatable bonds is 9. The number of ether oxygens (including phenoxy) is 2. The number of carbonyl (C=O) groups is 2. The van der Waals surface area contributed by atoms with Crippen LogP contribution in [0.2, 0.25) is 0 Å². The number of nitrogens with one attached hydrogen (secondary N) is 1. The van der Waals surface area contributed by atoms with E-state index >= 15 is 0 Å². The Kier molecular flexibility index (Phi) is 8.16. The molecule has 0 saturated carbocycles. The van der Waals surface area contributed by atoms with E-state index in [0.717, 1.165) is 41.3 Å². The fraction of sp³-hybridized carbons (Fsp3) is 0.292. The molecule has 3 rings (SSSR count). The van der Waals surface area contributed by atoms with Gasteiger partial charge in [-0.05, 0) is 62.2 Å². The summed E-state index contributed by atoms with van der Waals surface area (Å²) < 4.78 is 12.5. The molecular weight excluding hydrogens is 454 g/mol. The van der Waals surface area contributed by atoms with Crippen LogP contribution in [0.5, 0.6) is 5.75 Å². The lowest BCUT2D eigenvalue weighted by atomic mass is 10.1. The largest absolute Gasteiger partial charge is 0.497 e. The third kappa shape index (κ3) is 5.88. The third-order valence-electron chi connectivity index (χ3n) is 5.04. The van der Waals surface area contributed by atoms with Gasteiger partial charge in [0.2, 0.25) is 5.01 Å². The lowest BCUT2D eigenvalue weighted by Crippen LogP contribution is -2.11. The topological polar surface area (TPSA) is 119 Å². The number of amides is 1. The van der Waals surface area contributed by atoms with E-state index in [2.05, 4.69) is 27.0 Å². The summed E-state index contributed by atoms with van der Waals surface area (Å²) in [6.45, 7) is 6.70. The molecule has 0 aliphatic rings. The van der Waals surface area contributed by atoms with Gasteiger partial charge in [-0.25, -0.2) is 4.79 Å². The van der Waals surface area contributed by atoms with Crippen molar-refractivity contribution in [1.82, 2.24) is 14.8 Å². The molecule has 0 aliphatic heterocycles. The molecule has 1 amide bonds. The molecule has 1 aromatic carbocycles. The summed E-state index contributed by atoms with van der Waals surface area (Å²) in [6, 6.07) is 10.7. The van der Waals surface area contributed by atoms with Gasteiger partial charge in [-0.2, -0.15) is 5.26 Å². The van der Waals surface area contributed by atoms with Gasteiger partial charge in [0.05, 0.1) is 7.11 Å². The van der Waals surface area contributed by atoms with Crippen molar-refractivity contribution in [1.29, 1.82) is 5.26 Å². The summed E-state index contributed by atoms with van der Waals surface area (Å²) in [5.41, 5.74) is 3.31. The fourth-order valence-corrected chi connectivity index (χ4v) is 3.95. The molecule has 0 fully saturated rings. The van der Waals surface area contributed by atoms with Gasteiger partial charge in [0.1, 0.15) is 24.0 Å². The number of esters is 1. The Morgan fingerprint density at radius 2 is 1.97 bits per heavy atom. The Labute approximate surface area is 201 Å². The molecule has 0 saturated heterocycles. The second-order valence-electron chi connectivity index (χ2n) is 7.41. The van der Waals surface area contributed by atoms with E-state index in [9.17, 15) is 14.9 Å². The van der Waals surface area contributed by atoms with Crippen LogP contribution >= 0.6 is 11.3 Å². The van der Waals surface area contributed by atoms with Crippen molar-refractivity contribution in [3.8, 4) is 11.8 Å². The summed E-state index contributed by atoms with van der Waals surface area (Å²) in [6.07, 6.45) is 2.51. The van der Waals surface area contributed by atoms with Crippen molar-refractivity contribution in [2.24, 2.45) is 0 Å². The van der Waals surface area contributed by atoms with E-state index in [1.165, 1.54) is 6.08 Å². The van der Waals surface area contributed by atoms with Crippen molar-refractivity contribution in [2.45, 2.75) is 40.3 Å². The molecule has 0 spiro atoms. The van der Waals surface area contributed by atoms with Crippen molar-refractivity contribution >= 4 is 35.0 Å². The Hall–Kier alpha value is -3.97. The summed E-state index contributed by atoms with van der Waals surface area (Å²) in [7, 11) is 1.56. The fourth-order valence-electron chi connectivity index (χ4n) is 3.30. The van der Waals surface area contributed by atoms with E-state index in [0.29, 0.717) is 16.4 Å². The van der Waals surface area contributed by atoms with Gasteiger partial charge in [0, 0.05) is 23.6 Å². The maximum Gasteiger partial charge on any atom is 0.349 e. The van der Waals surface area contributed by atoms with Gasteiger partial charge >= 0.3 is 5.97 Å². The average molecular weight is 480 g/mol. The predicted octanol–water partition coefficient (Wildman–Crippen LogP) is 4.28. The summed E-state index contributed by atoms with van der Waals surface area (Å²) >= 11 is 1.00. The molecule has 2 heterocycles. The van der Waals surface area contributed by atoms with Gasteiger partial charge in [-0.3, -0.25) is 4.79 Å². The number of carbonyl (C=O) groups excluding carboxylic acids is 2. The first-order valence-corrected chi connectivity index (χ1v) is 11.4. The van der Waals surface area contributed by atoms with Crippen LogP contribution in [0.25, 0.3) is 6.08 Å². The normalized spacial score (nSPS) is 11.1. The Morgan fingerprint density at radius 3 is 2.62 bits per heavy atom. The first kappa shape index (κ1) is 24.7. The number of aryl methyl sites for hydroxylation is 1. The van der Waals surface area contributed by atoms with E-state index in [4.69, 9.17) is 9.47 Å². The summed E-state index contributed by atoms with van der Waals surface area (Å²) in [4.78, 5) is 24.9. The highest BCUT2D eigenvalue weighted by atomic mass is 32.1. The van der Waals surface area contributed by atoms with Crippen molar-refractivity contribution in [2.75, 3.05) is 12.4 Å². The molecule has 1 N–H and O–H groups in total. The molecular formula is C24H25N5O4S. The standard InChI is InChI=1S/C24H25N5O4S/c1-5-10-29-15(2)11-17(16(29)3)12-18(13-25)24(31)33-14-21-27-28-23(34-21)22(30)26-19-6-8-20(32-4)9-7-19/h6-9,11-12H,5,10,14H2,1-4H3,(H,26,30)/b18-12+. The molecule has 10 heteroatoms. The highest BCUT2D eigenvalue weighted by molar-refractivity contribution is 7.13. The number of nitriles is 1. The Bertz CT molecular complexity index is 1250. The van der Waals surface area contributed by atoms with E-state index in [1.807, 2.05) is 26.0 Å². The van der Waals surface area contributed by atoms with Crippen LogP contribution in [0, 0.1) is 25.2 Å². The Balaban J connectivity index is 1.62. The molecule has 3 aromatic rings. The van der Waals surface area contributed by atoms with Crippen LogP contribution < -0.4 is 10.1 Å². The van der Waals surface area contributed by atoms with Crippen LogP contribution in [0.1, 0.15) is 45.1 Å². The lowest BCUT2D eigenvalue weighted by Gasteiger charge is -2.07. The van der Waals surface area contributed by atoms with Gasteiger partial charge < -0.3 is 19.4 Å². The minimum Gasteiger partial charge on any atom is -0.497 e. The van der Waals surface area contributed by atoms with Gasteiger partial charge in [-0.1, -0.05) is 18.3 Å². The zero-order chi connectivity index (χ0) is 24.7. The number of nitrogens with zero attached hydrogens (tertiary/aromatic N) is 4. The van der Waals surface area contributed by atoms with E-state index < -0.39 is 11.9 Å². The smallest absolute Gasteiger partial charge is 0.349 e. The predicted molar refractivity (Wildman–Crippen MR) is 128 cm³/mol. The first-order chi connectivity index (χ1) is 16.4. The highest BCUT2D eigenvalue weighted by Gasteiger charge is 2.17. The van der Waals surface area contributed by atoms with E-state index in [1.54, 1.807) is 31.4 Å². The summed E-state index contributed by atoms with van der Waals surface area (Å²) in [5.74, 6) is -0.518. The lowest BCUT2D eigenvalue weighted by molar-refractivity contribution is -0.139. The van der Waals surface area contributed by atoms with E-state index in [-0.39, 0.29) is 17.2 Å². The minimum atomic E-state index is -0.762. The maximum atomic E-state index is 12.5. The molecule has 0 aliphatic carbocycles. The highest BCUT2D eigenvalue weighted by Crippen LogP contribution is 2.20. The number of aromatic nitrogens is 3. The average Bonchev–Trinajstić information content (AvgIpc) is 3.42. The number of anilines is 1. The second-order valence-corrected chi connectivity index (χ2v) is 8.47. The quantitative estimate of drug-likeness (QED) is 0.276. The van der Waals surface area contributed by atoms with Gasteiger partial charge in [0.25, 0.3) is 5.91 Å². The monoisotopic (exact) mass is 479 g/mol. The van der Waals surface area contributed by atoms with Crippen molar-refractivity contribution < 1.29 is 19.1 Å². The molecule has 34 heavy (non-hydrogen) atoms. The maximum absolute atomic E-state index is 12.5. The van der Waals surface area contributed by atoms with Crippen molar-refractivity contribution in [3.63, 3.8) is 0 Å². The van der Waals surface area contributed by atoms with Crippen LogP contribution in [-0.4, -0.2) is 33.8 Å². The molecule has 0 bridgehead atoms. The van der Waals surface area contributed by atoms with Crippen molar-refractivity contribution in [3.05, 3.63) is 62.9 Å². The van der Waals surface area contributed by atoms with Gasteiger partial charge in [0.15, 0.2) is 5.01 Å². The van der Waals surface area contributed by atoms with Gasteiger partial charge in [-0.15, -0.1) is 10.2 Å². The van der Waals surface area contributed by atoms with Crippen LogP contribution in [0.3, 0.4) is 0 Å². The summed E-state index contributed by atoms with van der Waals surface area (Å²) in [5, 5.41) is 20.4. The third-order valence-corrected chi connectivity index (χ3v) is 5.93. The van der Waals surface area contributed by atoms with Crippen LogP contribution in [-0.2, 0) is 22.7 Å². The molecule has 0 radical (unpaired) electrons. The zero-order valence-electron chi connectivity index (χ0n) is 19.4. The number of methoxy groups -OCH3 is 1. The molecule has 0 atom stereocenters. The number of hydrogen-bond acceptors (Lipinski definition) is 8. The molecule has 176 valence electrons. The number of benzene rings is 1. The first-order valence-electron chi connectivity index (χ1n) is 10.6. The second kappa shape index (κ2) is 11.2. The van der Waals surface area contributed by atoms with Crippen LogP contribution in [0.4, 0.5) is 5.69 Å². The SMILES string of the molecule is CCCn1c(C)cc(/C=C(\C#N)C(=O)OCc2nnc(C(=O)Nc3ccc(OC)cc3)s2)c1C.